The average molecular weight is 305 g/mol. The molecule has 0 aliphatic heterocycles. The lowest BCUT2D eigenvalue weighted by atomic mass is 10.1. The molecule has 0 bridgehead atoms. The lowest BCUT2D eigenvalue weighted by molar-refractivity contribution is -0.153. The highest BCUT2D eigenvalue weighted by Gasteiger charge is 2.28. The third kappa shape index (κ3) is 7.55. The van der Waals surface area contributed by atoms with E-state index >= 15 is 0 Å². The number of carbonyl (C=O) groups is 1. The van der Waals surface area contributed by atoms with Crippen LogP contribution in [-0.2, 0) is 11.2 Å². The van der Waals surface area contributed by atoms with E-state index in [2.05, 4.69) is 10.1 Å². The van der Waals surface area contributed by atoms with Gasteiger partial charge in [0.25, 0.3) is 0 Å². The van der Waals surface area contributed by atoms with E-state index in [1.807, 2.05) is 0 Å². The summed E-state index contributed by atoms with van der Waals surface area (Å²) in [4.78, 5) is 11.6. The van der Waals surface area contributed by atoms with Gasteiger partial charge in [-0.3, -0.25) is 4.79 Å². The average Bonchev–Trinajstić information content (AvgIpc) is 2.42. The van der Waals surface area contributed by atoms with E-state index in [4.69, 9.17) is 5.11 Å². The topological polar surface area (TPSA) is 58.6 Å². The van der Waals surface area contributed by atoms with E-state index in [0.29, 0.717) is 12.1 Å². The fraction of sp³-hybridized carbons (Fsp3) is 0.500. The minimum atomic E-state index is -4.40. The van der Waals surface area contributed by atoms with Gasteiger partial charge in [0.05, 0.1) is 6.42 Å². The van der Waals surface area contributed by atoms with Crippen molar-refractivity contribution in [2.75, 3.05) is 19.8 Å². The molecule has 0 spiro atoms. The number of carbonyl (C=O) groups excluding carboxylic acids is 1. The van der Waals surface area contributed by atoms with E-state index in [1.165, 1.54) is 18.2 Å². The van der Waals surface area contributed by atoms with Crippen LogP contribution < -0.4 is 10.1 Å². The summed E-state index contributed by atoms with van der Waals surface area (Å²) in [5, 5.41) is 11.5. The van der Waals surface area contributed by atoms with E-state index in [1.54, 1.807) is 13.0 Å². The highest BCUT2D eigenvalue weighted by molar-refractivity contribution is 5.78. The number of aliphatic hydroxyl groups excluding tert-OH is 1. The quantitative estimate of drug-likeness (QED) is 0.809. The van der Waals surface area contributed by atoms with Crippen molar-refractivity contribution < 1.29 is 27.8 Å². The molecule has 21 heavy (non-hydrogen) atoms. The highest BCUT2D eigenvalue weighted by Crippen LogP contribution is 2.19. The molecule has 0 heterocycles. The molecular formula is C14H18F3NO3. The van der Waals surface area contributed by atoms with Crippen LogP contribution in [0.4, 0.5) is 13.2 Å². The monoisotopic (exact) mass is 305 g/mol. The van der Waals surface area contributed by atoms with Gasteiger partial charge in [-0.1, -0.05) is 19.1 Å². The standard InChI is InChI=1S/C14H18F3NO3/c1-10(8-19)7-18-13(20)6-11-3-2-4-12(5-11)21-9-14(15,16)17/h2-5,10,19H,6-9H2,1H3,(H,18,20). The van der Waals surface area contributed by atoms with Crippen LogP contribution in [0.5, 0.6) is 5.75 Å². The number of hydrogen-bond donors (Lipinski definition) is 2. The number of aliphatic hydroxyl groups is 1. The third-order valence-corrected chi connectivity index (χ3v) is 2.62. The SMILES string of the molecule is CC(CO)CNC(=O)Cc1cccc(OCC(F)(F)F)c1. The van der Waals surface area contributed by atoms with Crippen LogP contribution in [0, 0.1) is 5.92 Å². The zero-order valence-corrected chi connectivity index (χ0v) is 11.6. The number of halogens is 3. The molecule has 7 heteroatoms. The molecule has 1 aromatic carbocycles. The lowest BCUT2D eigenvalue weighted by Crippen LogP contribution is -2.30. The Kier molecular flexibility index (Phi) is 6.48. The maximum Gasteiger partial charge on any atom is 0.422 e. The third-order valence-electron chi connectivity index (χ3n) is 2.62. The summed E-state index contributed by atoms with van der Waals surface area (Å²) in [6.07, 6.45) is -4.35. The Labute approximate surface area is 120 Å². The second-order valence-electron chi connectivity index (χ2n) is 4.82. The molecule has 0 radical (unpaired) electrons. The first-order valence-electron chi connectivity index (χ1n) is 6.46. The molecule has 0 fully saturated rings. The van der Waals surface area contributed by atoms with E-state index in [9.17, 15) is 18.0 Å². The Morgan fingerprint density at radius 2 is 2.14 bits per heavy atom. The van der Waals surface area contributed by atoms with Crippen molar-refractivity contribution in [3.8, 4) is 5.75 Å². The molecule has 1 unspecified atom stereocenters. The van der Waals surface area contributed by atoms with Gasteiger partial charge in [0.1, 0.15) is 5.75 Å². The van der Waals surface area contributed by atoms with Crippen molar-refractivity contribution in [3.63, 3.8) is 0 Å². The summed E-state index contributed by atoms with van der Waals surface area (Å²) in [6, 6.07) is 5.97. The molecule has 0 aliphatic carbocycles. The number of benzene rings is 1. The summed E-state index contributed by atoms with van der Waals surface area (Å²) in [6.45, 7) is 0.739. The molecular weight excluding hydrogens is 287 g/mol. The fourth-order valence-corrected chi connectivity index (χ4v) is 1.51. The molecule has 1 atom stereocenters. The largest absolute Gasteiger partial charge is 0.484 e. The molecule has 1 aromatic rings. The first-order valence-corrected chi connectivity index (χ1v) is 6.46. The molecule has 0 aromatic heterocycles. The van der Waals surface area contributed by atoms with E-state index in [0.717, 1.165) is 0 Å². The second kappa shape index (κ2) is 7.87. The van der Waals surface area contributed by atoms with Gasteiger partial charge in [-0.25, -0.2) is 0 Å². The van der Waals surface area contributed by atoms with Crippen molar-refractivity contribution in [1.29, 1.82) is 0 Å². The van der Waals surface area contributed by atoms with Crippen molar-refractivity contribution in [3.05, 3.63) is 29.8 Å². The zero-order chi connectivity index (χ0) is 15.9. The summed E-state index contributed by atoms with van der Waals surface area (Å²) < 4.78 is 40.8. The molecule has 0 saturated heterocycles. The van der Waals surface area contributed by atoms with Crippen LogP contribution in [0.25, 0.3) is 0 Å². The van der Waals surface area contributed by atoms with Gasteiger partial charge in [-0.2, -0.15) is 13.2 Å². The van der Waals surface area contributed by atoms with Crippen LogP contribution in [-0.4, -0.2) is 36.9 Å². The number of amides is 1. The van der Waals surface area contributed by atoms with Gasteiger partial charge < -0.3 is 15.2 Å². The minimum Gasteiger partial charge on any atom is -0.484 e. The highest BCUT2D eigenvalue weighted by atomic mass is 19.4. The summed E-state index contributed by atoms with van der Waals surface area (Å²) in [5.41, 5.74) is 0.559. The van der Waals surface area contributed by atoms with Gasteiger partial charge in [0.15, 0.2) is 6.61 Å². The smallest absolute Gasteiger partial charge is 0.422 e. The minimum absolute atomic E-state index is 0.0267. The number of nitrogens with one attached hydrogen (secondary N) is 1. The van der Waals surface area contributed by atoms with Crippen molar-refractivity contribution >= 4 is 5.91 Å². The van der Waals surface area contributed by atoms with Crippen molar-refractivity contribution in [2.24, 2.45) is 5.92 Å². The van der Waals surface area contributed by atoms with Crippen LogP contribution in [0.15, 0.2) is 24.3 Å². The molecule has 118 valence electrons. The van der Waals surface area contributed by atoms with Crippen LogP contribution >= 0.6 is 0 Å². The Bertz CT molecular complexity index is 463. The predicted octanol–water partition coefficient (Wildman–Crippen LogP) is 1.91. The Morgan fingerprint density at radius 1 is 1.43 bits per heavy atom. The Hall–Kier alpha value is -1.76. The number of hydrogen-bond acceptors (Lipinski definition) is 3. The van der Waals surface area contributed by atoms with Crippen LogP contribution in [0.2, 0.25) is 0 Å². The van der Waals surface area contributed by atoms with Gasteiger partial charge in [-0.15, -0.1) is 0 Å². The van der Waals surface area contributed by atoms with Gasteiger partial charge in [-0.05, 0) is 23.6 Å². The van der Waals surface area contributed by atoms with E-state index < -0.39 is 12.8 Å². The fourth-order valence-electron chi connectivity index (χ4n) is 1.51. The summed E-state index contributed by atoms with van der Waals surface area (Å²) >= 11 is 0. The molecule has 1 amide bonds. The second-order valence-corrected chi connectivity index (χ2v) is 4.82. The van der Waals surface area contributed by atoms with Crippen molar-refractivity contribution in [1.82, 2.24) is 5.32 Å². The normalized spacial score (nSPS) is 12.8. The molecule has 2 N–H and O–H groups in total. The maximum atomic E-state index is 12.1. The zero-order valence-electron chi connectivity index (χ0n) is 11.6. The Balaban J connectivity index is 2.50. The molecule has 0 aliphatic rings. The number of ether oxygens (including phenoxy) is 1. The Morgan fingerprint density at radius 3 is 2.76 bits per heavy atom. The molecule has 4 nitrogen and oxygen atoms in total. The van der Waals surface area contributed by atoms with Gasteiger partial charge >= 0.3 is 6.18 Å². The lowest BCUT2D eigenvalue weighted by Gasteiger charge is -2.11. The van der Waals surface area contributed by atoms with Gasteiger partial charge in [0, 0.05) is 13.2 Å². The number of rotatable bonds is 7. The predicted molar refractivity (Wildman–Crippen MR) is 71.0 cm³/mol. The summed E-state index contributed by atoms with van der Waals surface area (Å²) in [7, 11) is 0. The number of alkyl halides is 3. The first kappa shape index (κ1) is 17.3. The van der Waals surface area contributed by atoms with Crippen LogP contribution in [0.1, 0.15) is 12.5 Å². The molecule has 0 saturated carbocycles. The first-order chi connectivity index (χ1) is 9.80. The maximum absolute atomic E-state index is 12.1. The van der Waals surface area contributed by atoms with Crippen LogP contribution in [0.3, 0.4) is 0 Å². The molecule has 1 rings (SSSR count). The summed E-state index contributed by atoms with van der Waals surface area (Å²) in [5.74, 6) is -0.236. The van der Waals surface area contributed by atoms with E-state index in [-0.39, 0.29) is 30.6 Å². The van der Waals surface area contributed by atoms with Gasteiger partial charge in [0.2, 0.25) is 5.91 Å². The van der Waals surface area contributed by atoms with Crippen molar-refractivity contribution in [2.45, 2.75) is 19.5 Å².